The molecular formula is C28H26O3S. The van der Waals surface area contributed by atoms with Crippen molar-refractivity contribution in [2.75, 3.05) is 14.2 Å². The van der Waals surface area contributed by atoms with Crippen LogP contribution in [-0.4, -0.2) is 14.2 Å². The van der Waals surface area contributed by atoms with Crippen molar-refractivity contribution in [3.63, 3.8) is 0 Å². The third kappa shape index (κ3) is 3.09. The van der Waals surface area contributed by atoms with Crippen molar-refractivity contribution in [1.82, 2.24) is 0 Å². The van der Waals surface area contributed by atoms with Crippen LogP contribution in [0.1, 0.15) is 32.7 Å². The summed E-state index contributed by atoms with van der Waals surface area (Å²) in [6, 6.07) is 18.5. The minimum Gasteiger partial charge on any atom is -0.497 e. The first kappa shape index (κ1) is 20.7. The van der Waals surface area contributed by atoms with Crippen molar-refractivity contribution in [2.24, 2.45) is 0 Å². The number of fused-ring (bicyclic) bond motifs is 2. The van der Waals surface area contributed by atoms with Gasteiger partial charge in [-0.25, -0.2) is 0 Å². The maximum absolute atomic E-state index is 6.96. The smallest absolute Gasteiger partial charge is 0.178 e. The van der Waals surface area contributed by atoms with Gasteiger partial charge < -0.3 is 14.2 Å². The summed E-state index contributed by atoms with van der Waals surface area (Å²) in [7, 11) is 3.36. The standard InChI is InChI=1S/C28H26O3S/c1-17-19(3)32-27-18(2)26-20(16-25(17)27)14-15-28(31-26,21-6-10-23(29-4)11-7-21)22-8-12-24(30-5)13-9-22/h6-16H,1-5H3. The van der Waals surface area contributed by atoms with E-state index in [9.17, 15) is 0 Å². The molecule has 0 atom stereocenters. The van der Waals surface area contributed by atoms with E-state index in [1.807, 2.05) is 35.6 Å². The topological polar surface area (TPSA) is 27.7 Å². The van der Waals surface area contributed by atoms with E-state index < -0.39 is 5.60 Å². The first-order chi connectivity index (χ1) is 15.5. The molecule has 0 bridgehead atoms. The van der Waals surface area contributed by atoms with E-state index in [2.05, 4.69) is 63.3 Å². The lowest BCUT2D eigenvalue weighted by molar-refractivity contribution is 0.160. The second kappa shape index (κ2) is 7.72. The molecule has 4 heteroatoms. The third-order valence-corrected chi connectivity index (χ3v) is 7.82. The lowest BCUT2D eigenvalue weighted by Gasteiger charge is -2.37. The average Bonchev–Trinajstić information content (AvgIpc) is 3.13. The molecule has 1 aromatic heterocycles. The quantitative estimate of drug-likeness (QED) is 0.335. The van der Waals surface area contributed by atoms with Crippen LogP contribution in [0, 0.1) is 20.8 Å². The molecule has 0 radical (unpaired) electrons. The highest BCUT2D eigenvalue weighted by atomic mass is 32.1. The summed E-state index contributed by atoms with van der Waals surface area (Å²) < 4.78 is 19.0. The summed E-state index contributed by atoms with van der Waals surface area (Å²) in [6.45, 7) is 6.56. The van der Waals surface area contributed by atoms with Gasteiger partial charge in [0.2, 0.25) is 0 Å². The predicted octanol–water partition coefficient (Wildman–Crippen LogP) is 7.19. The Bertz CT molecular complexity index is 1280. The number of thiophene rings is 1. The summed E-state index contributed by atoms with van der Waals surface area (Å²) in [6.07, 6.45) is 4.37. The van der Waals surface area contributed by atoms with E-state index in [4.69, 9.17) is 14.2 Å². The van der Waals surface area contributed by atoms with Crippen LogP contribution in [0.5, 0.6) is 17.2 Å². The predicted molar refractivity (Wildman–Crippen MR) is 132 cm³/mol. The monoisotopic (exact) mass is 442 g/mol. The average molecular weight is 443 g/mol. The number of hydrogen-bond acceptors (Lipinski definition) is 4. The SMILES string of the molecule is COc1ccc(C2(c3ccc(OC)cc3)C=Cc3cc4c(C)c(C)sc4c(C)c3O2)cc1. The van der Waals surface area contributed by atoms with Gasteiger partial charge in [-0.1, -0.05) is 30.3 Å². The highest BCUT2D eigenvalue weighted by Gasteiger charge is 2.38. The Hall–Kier alpha value is -3.24. The van der Waals surface area contributed by atoms with Gasteiger partial charge in [-0.3, -0.25) is 0 Å². The van der Waals surface area contributed by atoms with Gasteiger partial charge in [0.25, 0.3) is 0 Å². The molecule has 0 amide bonds. The van der Waals surface area contributed by atoms with E-state index in [0.29, 0.717) is 0 Å². The number of methoxy groups -OCH3 is 2. The van der Waals surface area contributed by atoms with E-state index in [-0.39, 0.29) is 0 Å². The number of hydrogen-bond donors (Lipinski definition) is 0. The first-order valence-corrected chi connectivity index (χ1v) is 11.5. The summed E-state index contributed by atoms with van der Waals surface area (Å²) in [5.41, 5.74) is 5.01. The third-order valence-electron chi connectivity index (χ3n) is 6.47. The molecule has 3 nitrogen and oxygen atoms in total. The molecule has 1 aliphatic heterocycles. The van der Waals surface area contributed by atoms with E-state index in [1.54, 1.807) is 14.2 Å². The summed E-state index contributed by atoms with van der Waals surface area (Å²) in [5.74, 6) is 2.58. The van der Waals surface area contributed by atoms with Crippen molar-refractivity contribution in [2.45, 2.75) is 26.4 Å². The molecule has 3 aromatic carbocycles. The fourth-order valence-electron chi connectivity index (χ4n) is 4.45. The van der Waals surface area contributed by atoms with Gasteiger partial charge in [0, 0.05) is 31.8 Å². The molecule has 2 heterocycles. The molecule has 0 unspecified atom stereocenters. The van der Waals surface area contributed by atoms with Crippen LogP contribution in [-0.2, 0) is 5.60 Å². The van der Waals surface area contributed by atoms with E-state index in [1.165, 1.54) is 26.1 Å². The molecular weight excluding hydrogens is 416 g/mol. The van der Waals surface area contributed by atoms with Crippen molar-refractivity contribution in [3.05, 3.63) is 93.4 Å². The second-order valence-electron chi connectivity index (χ2n) is 8.21. The molecule has 0 spiro atoms. The molecule has 0 N–H and O–H groups in total. The van der Waals surface area contributed by atoms with Gasteiger partial charge in [0.15, 0.2) is 5.60 Å². The Morgan fingerprint density at radius 3 is 1.88 bits per heavy atom. The fourth-order valence-corrected chi connectivity index (χ4v) is 5.59. The zero-order valence-corrected chi connectivity index (χ0v) is 19.8. The van der Waals surface area contributed by atoms with Crippen LogP contribution in [0.15, 0.2) is 60.7 Å². The molecule has 4 aromatic rings. The van der Waals surface area contributed by atoms with E-state index in [0.717, 1.165) is 33.9 Å². The largest absolute Gasteiger partial charge is 0.497 e. The van der Waals surface area contributed by atoms with Gasteiger partial charge in [-0.15, -0.1) is 11.3 Å². The summed E-state index contributed by atoms with van der Waals surface area (Å²) >= 11 is 1.84. The van der Waals surface area contributed by atoms with Gasteiger partial charge in [-0.05, 0) is 68.1 Å². The van der Waals surface area contributed by atoms with Gasteiger partial charge >= 0.3 is 0 Å². The summed E-state index contributed by atoms with van der Waals surface area (Å²) in [5, 5.41) is 1.32. The maximum Gasteiger partial charge on any atom is 0.178 e. The normalized spacial score (nSPS) is 14.2. The zero-order valence-electron chi connectivity index (χ0n) is 19.0. The molecule has 0 saturated heterocycles. The molecule has 1 aliphatic rings. The number of ether oxygens (including phenoxy) is 3. The fraction of sp³-hybridized carbons (Fsp3) is 0.214. The van der Waals surface area contributed by atoms with Crippen molar-refractivity contribution < 1.29 is 14.2 Å². The van der Waals surface area contributed by atoms with Crippen LogP contribution in [0.2, 0.25) is 0 Å². The Morgan fingerprint density at radius 1 is 0.781 bits per heavy atom. The van der Waals surface area contributed by atoms with Gasteiger partial charge in [-0.2, -0.15) is 0 Å². The van der Waals surface area contributed by atoms with Crippen molar-refractivity contribution >= 4 is 27.5 Å². The van der Waals surface area contributed by atoms with Gasteiger partial charge in [0.1, 0.15) is 17.2 Å². The highest BCUT2D eigenvalue weighted by Crippen LogP contribution is 2.47. The maximum atomic E-state index is 6.96. The molecule has 5 rings (SSSR count). The lowest BCUT2D eigenvalue weighted by Crippen LogP contribution is -2.34. The van der Waals surface area contributed by atoms with Crippen LogP contribution >= 0.6 is 11.3 Å². The van der Waals surface area contributed by atoms with Crippen molar-refractivity contribution in [3.8, 4) is 17.2 Å². The second-order valence-corrected chi connectivity index (χ2v) is 9.43. The van der Waals surface area contributed by atoms with Gasteiger partial charge in [0.05, 0.1) is 14.2 Å². The molecule has 32 heavy (non-hydrogen) atoms. The zero-order chi connectivity index (χ0) is 22.5. The molecule has 0 saturated carbocycles. The minimum atomic E-state index is -0.745. The van der Waals surface area contributed by atoms with Crippen LogP contribution in [0.4, 0.5) is 0 Å². The first-order valence-electron chi connectivity index (χ1n) is 10.7. The van der Waals surface area contributed by atoms with E-state index >= 15 is 0 Å². The lowest BCUT2D eigenvalue weighted by atomic mass is 9.83. The number of benzene rings is 3. The number of aryl methyl sites for hydroxylation is 3. The highest BCUT2D eigenvalue weighted by molar-refractivity contribution is 7.19. The minimum absolute atomic E-state index is 0.745. The molecule has 0 fully saturated rings. The Kier molecular flexibility index (Phi) is 4.98. The van der Waals surface area contributed by atoms with Crippen molar-refractivity contribution in [1.29, 1.82) is 0 Å². The number of rotatable bonds is 4. The molecule has 0 aliphatic carbocycles. The van der Waals surface area contributed by atoms with Crippen LogP contribution < -0.4 is 14.2 Å². The Labute approximate surface area is 192 Å². The van der Waals surface area contributed by atoms with Crippen LogP contribution in [0.3, 0.4) is 0 Å². The molecule has 162 valence electrons. The van der Waals surface area contributed by atoms with Crippen LogP contribution in [0.25, 0.3) is 16.2 Å². The Balaban J connectivity index is 1.72. The Morgan fingerprint density at radius 2 is 1.34 bits per heavy atom. The summed E-state index contributed by atoms with van der Waals surface area (Å²) in [4.78, 5) is 1.35.